The predicted octanol–water partition coefficient (Wildman–Crippen LogP) is 0.744. The van der Waals surface area contributed by atoms with Gasteiger partial charge in [-0.1, -0.05) is 20.8 Å². The molecule has 1 amide bonds. The predicted molar refractivity (Wildman–Crippen MR) is 80.6 cm³/mol. The summed E-state index contributed by atoms with van der Waals surface area (Å²) in [5, 5.41) is 2.86. The van der Waals surface area contributed by atoms with E-state index in [1.54, 1.807) is 0 Å². The molecule has 20 heavy (non-hydrogen) atoms. The summed E-state index contributed by atoms with van der Waals surface area (Å²) in [5.74, 6) is 0.127. The Morgan fingerprint density at radius 1 is 1.10 bits per heavy atom. The van der Waals surface area contributed by atoms with Crippen LogP contribution in [0.25, 0.3) is 0 Å². The van der Waals surface area contributed by atoms with Gasteiger partial charge in [-0.15, -0.1) is 0 Å². The van der Waals surface area contributed by atoms with Crippen molar-refractivity contribution in [3.8, 4) is 0 Å². The number of piperazine rings is 1. The van der Waals surface area contributed by atoms with Crippen molar-refractivity contribution in [3.05, 3.63) is 0 Å². The second kappa shape index (κ2) is 8.37. The molecule has 0 spiro atoms. The summed E-state index contributed by atoms with van der Waals surface area (Å²) in [4.78, 5) is 28.1. The van der Waals surface area contributed by atoms with Crippen molar-refractivity contribution in [2.45, 2.75) is 40.2 Å². The van der Waals surface area contributed by atoms with Crippen molar-refractivity contribution < 1.29 is 9.59 Å². The van der Waals surface area contributed by atoms with E-state index in [9.17, 15) is 9.59 Å². The molecule has 1 rings (SSSR count). The lowest BCUT2D eigenvalue weighted by atomic mass is 10.0. The second-order valence-electron chi connectivity index (χ2n) is 6.02. The van der Waals surface area contributed by atoms with E-state index in [4.69, 9.17) is 0 Å². The third-order valence-corrected chi connectivity index (χ3v) is 3.79. The Bertz CT molecular complexity index is 323. The quantitative estimate of drug-likeness (QED) is 0.749. The van der Waals surface area contributed by atoms with Gasteiger partial charge in [-0.05, 0) is 25.8 Å². The van der Waals surface area contributed by atoms with Crippen molar-refractivity contribution in [3.63, 3.8) is 0 Å². The first-order valence-electron chi connectivity index (χ1n) is 7.68. The first kappa shape index (κ1) is 17.1. The number of amides is 1. The lowest BCUT2D eigenvalue weighted by molar-refractivity contribution is -0.128. The van der Waals surface area contributed by atoms with E-state index in [0.717, 1.165) is 32.7 Å². The van der Waals surface area contributed by atoms with E-state index in [0.29, 0.717) is 6.54 Å². The number of hydrogen-bond acceptors (Lipinski definition) is 4. The van der Waals surface area contributed by atoms with Crippen LogP contribution in [-0.4, -0.2) is 66.8 Å². The molecule has 1 atom stereocenters. The molecular weight excluding hydrogens is 254 g/mol. The lowest BCUT2D eigenvalue weighted by Crippen LogP contribution is -2.52. The second-order valence-corrected chi connectivity index (χ2v) is 6.02. The van der Waals surface area contributed by atoms with E-state index in [-0.39, 0.29) is 23.7 Å². The topological polar surface area (TPSA) is 52.6 Å². The Balaban J connectivity index is 2.34. The van der Waals surface area contributed by atoms with Crippen molar-refractivity contribution >= 4 is 11.7 Å². The highest BCUT2D eigenvalue weighted by molar-refractivity contribution is 5.88. The molecule has 1 heterocycles. The molecule has 0 aromatic rings. The summed E-state index contributed by atoms with van der Waals surface area (Å²) < 4.78 is 0. The maximum absolute atomic E-state index is 12.0. The van der Waals surface area contributed by atoms with Gasteiger partial charge in [-0.25, -0.2) is 0 Å². The van der Waals surface area contributed by atoms with Crippen LogP contribution in [-0.2, 0) is 9.59 Å². The molecule has 1 N–H and O–H groups in total. The molecule has 1 saturated heterocycles. The monoisotopic (exact) mass is 283 g/mol. The summed E-state index contributed by atoms with van der Waals surface area (Å²) in [5.41, 5.74) is 0. The summed E-state index contributed by atoms with van der Waals surface area (Å²) in [6, 6.07) is -0.358. The van der Waals surface area contributed by atoms with Gasteiger partial charge in [0.2, 0.25) is 5.91 Å². The number of carbonyl (C=O) groups is 2. The fourth-order valence-corrected chi connectivity index (χ4v) is 2.65. The van der Waals surface area contributed by atoms with Crippen LogP contribution in [0.4, 0.5) is 0 Å². The van der Waals surface area contributed by atoms with Crippen LogP contribution in [0.15, 0.2) is 0 Å². The number of carbonyl (C=O) groups excluding carboxylic acids is 2. The molecule has 1 unspecified atom stereocenters. The highest BCUT2D eigenvalue weighted by Crippen LogP contribution is 2.05. The fraction of sp³-hybridized carbons (Fsp3) is 0.867. The van der Waals surface area contributed by atoms with Crippen LogP contribution in [0.1, 0.15) is 34.1 Å². The number of nitrogens with zero attached hydrogens (tertiary/aromatic N) is 2. The van der Waals surface area contributed by atoms with Crippen LogP contribution in [0.5, 0.6) is 0 Å². The molecule has 0 aromatic carbocycles. The van der Waals surface area contributed by atoms with Crippen LogP contribution >= 0.6 is 0 Å². The molecule has 1 fully saturated rings. The molecule has 0 saturated carbocycles. The third-order valence-electron chi connectivity index (χ3n) is 3.79. The summed E-state index contributed by atoms with van der Waals surface area (Å²) >= 11 is 0. The van der Waals surface area contributed by atoms with Crippen LogP contribution in [0.2, 0.25) is 0 Å². The number of ketones is 1. The minimum atomic E-state index is -0.358. The highest BCUT2D eigenvalue weighted by Gasteiger charge is 2.23. The SMILES string of the molecule is CCCN1CCN(CC(=O)NC(C(C)=O)C(C)C)CC1. The normalized spacial score (nSPS) is 19.1. The van der Waals surface area contributed by atoms with Gasteiger partial charge in [0, 0.05) is 26.2 Å². The van der Waals surface area contributed by atoms with Gasteiger partial charge in [0.05, 0.1) is 12.6 Å². The van der Waals surface area contributed by atoms with E-state index >= 15 is 0 Å². The Morgan fingerprint density at radius 2 is 1.65 bits per heavy atom. The largest absolute Gasteiger partial charge is 0.345 e. The average molecular weight is 283 g/mol. The average Bonchev–Trinajstić information content (AvgIpc) is 2.38. The highest BCUT2D eigenvalue weighted by atomic mass is 16.2. The van der Waals surface area contributed by atoms with E-state index < -0.39 is 0 Å². The maximum Gasteiger partial charge on any atom is 0.234 e. The molecule has 5 nitrogen and oxygen atoms in total. The van der Waals surface area contributed by atoms with Crippen molar-refractivity contribution in [1.29, 1.82) is 0 Å². The van der Waals surface area contributed by atoms with E-state index in [1.165, 1.54) is 13.3 Å². The smallest absolute Gasteiger partial charge is 0.234 e. The number of hydrogen-bond donors (Lipinski definition) is 1. The molecule has 5 heteroatoms. The molecule has 0 aliphatic carbocycles. The zero-order valence-electron chi connectivity index (χ0n) is 13.3. The molecular formula is C15H29N3O2. The minimum Gasteiger partial charge on any atom is -0.345 e. The van der Waals surface area contributed by atoms with Crippen molar-refractivity contribution in [2.75, 3.05) is 39.3 Å². The van der Waals surface area contributed by atoms with Crippen LogP contribution < -0.4 is 5.32 Å². The Kier molecular flexibility index (Phi) is 7.16. The molecule has 0 radical (unpaired) electrons. The first-order valence-corrected chi connectivity index (χ1v) is 7.68. The number of Topliss-reactive ketones (excluding diaryl/α,β-unsaturated/α-hetero) is 1. The van der Waals surface area contributed by atoms with Gasteiger partial charge in [0.1, 0.15) is 0 Å². The molecule has 1 aliphatic heterocycles. The van der Waals surface area contributed by atoms with Gasteiger partial charge in [-0.3, -0.25) is 14.5 Å². The first-order chi connectivity index (χ1) is 9.43. The van der Waals surface area contributed by atoms with Gasteiger partial charge in [0.25, 0.3) is 0 Å². The molecule has 0 bridgehead atoms. The fourth-order valence-electron chi connectivity index (χ4n) is 2.65. The summed E-state index contributed by atoms with van der Waals surface area (Å²) in [6.07, 6.45) is 1.18. The Hall–Kier alpha value is -0.940. The summed E-state index contributed by atoms with van der Waals surface area (Å²) in [7, 11) is 0. The lowest BCUT2D eigenvalue weighted by Gasteiger charge is -2.34. The molecule has 116 valence electrons. The Morgan fingerprint density at radius 3 is 2.10 bits per heavy atom. The van der Waals surface area contributed by atoms with Crippen LogP contribution in [0.3, 0.4) is 0 Å². The zero-order valence-corrected chi connectivity index (χ0v) is 13.3. The summed E-state index contributed by atoms with van der Waals surface area (Å²) in [6.45, 7) is 13.1. The third kappa shape index (κ3) is 5.59. The van der Waals surface area contributed by atoms with Gasteiger partial charge < -0.3 is 10.2 Å². The van der Waals surface area contributed by atoms with Gasteiger partial charge >= 0.3 is 0 Å². The van der Waals surface area contributed by atoms with Crippen molar-refractivity contribution in [1.82, 2.24) is 15.1 Å². The molecule has 0 aromatic heterocycles. The molecule has 1 aliphatic rings. The standard InChI is InChI=1S/C15H29N3O2/c1-5-6-17-7-9-18(10-8-17)11-14(20)16-15(12(2)3)13(4)19/h12,15H,5-11H2,1-4H3,(H,16,20). The number of nitrogens with one attached hydrogen (secondary N) is 1. The van der Waals surface area contributed by atoms with Crippen molar-refractivity contribution in [2.24, 2.45) is 5.92 Å². The van der Waals surface area contributed by atoms with Crippen LogP contribution in [0, 0.1) is 5.92 Å². The van der Waals surface area contributed by atoms with Gasteiger partial charge in [-0.2, -0.15) is 0 Å². The van der Waals surface area contributed by atoms with E-state index in [2.05, 4.69) is 22.0 Å². The zero-order chi connectivity index (χ0) is 15.1. The van der Waals surface area contributed by atoms with Gasteiger partial charge in [0.15, 0.2) is 5.78 Å². The van der Waals surface area contributed by atoms with E-state index in [1.807, 2.05) is 13.8 Å². The Labute approximate surface area is 122 Å². The maximum atomic E-state index is 12.0. The minimum absolute atomic E-state index is 0.0288. The number of rotatable bonds is 7.